The van der Waals surface area contributed by atoms with Crippen LogP contribution in [0.1, 0.15) is 0 Å². The molecule has 13 heavy (non-hydrogen) atoms. The lowest BCUT2D eigenvalue weighted by Crippen LogP contribution is -2.05. The van der Waals surface area contributed by atoms with E-state index in [1.54, 1.807) is 0 Å². The van der Waals surface area contributed by atoms with Gasteiger partial charge >= 0.3 is 16.3 Å². The molecule has 0 saturated heterocycles. The van der Waals surface area contributed by atoms with E-state index in [2.05, 4.69) is 4.74 Å². The first-order chi connectivity index (χ1) is 5.91. The lowest BCUT2D eigenvalue weighted by atomic mass is 10.6. The fraction of sp³-hybridized carbons (Fsp3) is 0. The minimum absolute atomic E-state index is 0.389. The molecule has 0 aromatic carbocycles. The van der Waals surface area contributed by atoms with Crippen LogP contribution in [0.5, 0.6) is 5.75 Å². The van der Waals surface area contributed by atoms with Gasteiger partial charge in [-0.1, -0.05) is 0 Å². The third-order valence-electron chi connectivity index (χ3n) is 1.03. The van der Waals surface area contributed by atoms with Crippen LogP contribution in [0, 0.1) is 0 Å². The van der Waals surface area contributed by atoms with Crippen molar-refractivity contribution in [2.24, 2.45) is 0 Å². The largest absolute Gasteiger partial charge is 0.511 e. The second-order valence-corrected chi connectivity index (χ2v) is 4.45. The predicted molar refractivity (Wildman–Crippen MR) is 42.8 cm³/mol. The molecule has 0 atom stereocenters. The topological polar surface area (TPSA) is 101 Å². The fourth-order valence-electron chi connectivity index (χ4n) is 0.641. The molecule has 0 amide bonds. The van der Waals surface area contributed by atoms with E-state index in [0.717, 1.165) is 6.07 Å². The van der Waals surface area contributed by atoms with Crippen molar-refractivity contribution in [1.29, 1.82) is 0 Å². The predicted octanol–water partition coefficient (Wildman–Crippen LogP) is 1.05. The smallest absolute Gasteiger partial charge is 0.449 e. The molecule has 1 rings (SSSR count). The first-order valence-corrected chi connectivity index (χ1v) is 5.19. The third-order valence-corrected chi connectivity index (χ3v) is 3.30. The van der Waals surface area contributed by atoms with Gasteiger partial charge in [0.25, 0.3) is 0 Å². The van der Waals surface area contributed by atoms with Crippen LogP contribution >= 0.6 is 11.3 Å². The molecule has 1 aromatic rings. The van der Waals surface area contributed by atoms with Crippen molar-refractivity contribution >= 4 is 27.6 Å². The Labute approximate surface area is 77.1 Å². The van der Waals surface area contributed by atoms with Gasteiger partial charge in [-0.3, -0.25) is 4.55 Å². The Balaban J connectivity index is 3.11. The van der Waals surface area contributed by atoms with Crippen molar-refractivity contribution in [3.05, 3.63) is 11.4 Å². The molecule has 72 valence electrons. The van der Waals surface area contributed by atoms with E-state index in [1.165, 1.54) is 5.38 Å². The van der Waals surface area contributed by atoms with Crippen LogP contribution in [0.15, 0.2) is 15.7 Å². The Morgan fingerprint density at radius 2 is 2.15 bits per heavy atom. The summed E-state index contributed by atoms with van der Waals surface area (Å²) < 4.78 is 33.3. The third kappa shape index (κ3) is 2.41. The minimum atomic E-state index is -4.41. The Hall–Kier alpha value is -1.12. The molecular formula is C5H4O6S2. The van der Waals surface area contributed by atoms with Crippen LogP contribution in [0.4, 0.5) is 4.79 Å². The molecule has 0 aliphatic rings. The molecule has 0 aliphatic heterocycles. The maximum absolute atomic E-state index is 10.6. The first-order valence-electron chi connectivity index (χ1n) is 2.87. The van der Waals surface area contributed by atoms with Gasteiger partial charge in [0.15, 0.2) is 9.96 Å². The SMILES string of the molecule is O=C(O)Oc1ccsc1S(=O)(=O)O. The van der Waals surface area contributed by atoms with Gasteiger partial charge in [0.1, 0.15) is 0 Å². The second kappa shape index (κ2) is 3.32. The van der Waals surface area contributed by atoms with Crippen molar-refractivity contribution in [3.8, 4) is 5.75 Å². The quantitative estimate of drug-likeness (QED) is 0.575. The maximum atomic E-state index is 10.6. The van der Waals surface area contributed by atoms with Crippen molar-refractivity contribution in [3.63, 3.8) is 0 Å². The van der Waals surface area contributed by atoms with Gasteiger partial charge in [0.05, 0.1) is 0 Å². The van der Waals surface area contributed by atoms with E-state index in [4.69, 9.17) is 9.66 Å². The minimum Gasteiger partial charge on any atom is -0.449 e. The summed E-state index contributed by atoms with van der Waals surface area (Å²) in [6.45, 7) is 0. The molecule has 6 nitrogen and oxygen atoms in total. The summed E-state index contributed by atoms with van der Waals surface area (Å²) in [4.78, 5) is 10.1. The summed E-state index contributed by atoms with van der Waals surface area (Å²) in [5.74, 6) is -0.389. The van der Waals surface area contributed by atoms with Crippen molar-refractivity contribution in [2.45, 2.75) is 4.21 Å². The summed E-state index contributed by atoms with van der Waals surface area (Å²) in [6, 6.07) is 1.14. The van der Waals surface area contributed by atoms with Crippen LogP contribution in [-0.4, -0.2) is 24.2 Å². The highest BCUT2D eigenvalue weighted by atomic mass is 32.3. The molecule has 0 radical (unpaired) electrons. The van der Waals surface area contributed by atoms with E-state index in [-0.39, 0.29) is 5.75 Å². The Morgan fingerprint density at radius 1 is 1.54 bits per heavy atom. The zero-order valence-corrected chi connectivity index (χ0v) is 7.63. The number of carbonyl (C=O) groups is 1. The maximum Gasteiger partial charge on any atom is 0.511 e. The molecule has 2 N–H and O–H groups in total. The van der Waals surface area contributed by atoms with Crippen LogP contribution in [-0.2, 0) is 10.1 Å². The van der Waals surface area contributed by atoms with E-state index in [9.17, 15) is 13.2 Å². The monoisotopic (exact) mass is 224 g/mol. The second-order valence-electron chi connectivity index (χ2n) is 1.92. The molecule has 0 saturated carbocycles. The van der Waals surface area contributed by atoms with Gasteiger partial charge in [-0.2, -0.15) is 8.42 Å². The average molecular weight is 224 g/mol. The van der Waals surface area contributed by atoms with Crippen molar-refractivity contribution < 1.29 is 27.6 Å². The Morgan fingerprint density at radius 3 is 2.62 bits per heavy atom. The van der Waals surface area contributed by atoms with Crippen LogP contribution in [0.2, 0.25) is 0 Å². The van der Waals surface area contributed by atoms with E-state index in [0.29, 0.717) is 11.3 Å². The van der Waals surface area contributed by atoms with Crippen molar-refractivity contribution in [2.75, 3.05) is 0 Å². The molecule has 0 bridgehead atoms. The number of hydrogen-bond acceptors (Lipinski definition) is 5. The summed E-state index contributed by atoms with van der Waals surface area (Å²) in [5.41, 5.74) is 0. The van der Waals surface area contributed by atoms with Gasteiger partial charge in [-0.25, -0.2) is 4.79 Å². The highest BCUT2D eigenvalue weighted by Gasteiger charge is 2.20. The fourth-order valence-corrected chi connectivity index (χ4v) is 2.20. The normalized spacial score (nSPS) is 11.2. The van der Waals surface area contributed by atoms with E-state index >= 15 is 0 Å². The molecule has 0 spiro atoms. The zero-order valence-electron chi connectivity index (χ0n) is 6.00. The first kappa shape index (κ1) is 9.96. The van der Waals surface area contributed by atoms with Gasteiger partial charge < -0.3 is 9.84 Å². The Kier molecular flexibility index (Phi) is 2.55. The van der Waals surface area contributed by atoms with Crippen molar-refractivity contribution in [1.82, 2.24) is 0 Å². The lowest BCUT2D eigenvalue weighted by molar-refractivity contribution is 0.143. The van der Waals surface area contributed by atoms with Crippen LogP contribution in [0.25, 0.3) is 0 Å². The molecule has 1 heterocycles. The highest BCUT2D eigenvalue weighted by Crippen LogP contribution is 2.29. The summed E-state index contributed by atoms with van der Waals surface area (Å²) in [7, 11) is -4.41. The van der Waals surface area contributed by atoms with Crippen LogP contribution in [0.3, 0.4) is 0 Å². The summed E-state index contributed by atoms with van der Waals surface area (Å²) >= 11 is 0.672. The van der Waals surface area contributed by atoms with Gasteiger partial charge in [-0.05, 0) is 11.4 Å². The van der Waals surface area contributed by atoms with E-state index < -0.39 is 20.5 Å². The average Bonchev–Trinajstić information content (AvgIpc) is 2.31. The number of thiophene rings is 1. The van der Waals surface area contributed by atoms with Gasteiger partial charge in [-0.15, -0.1) is 11.3 Å². The molecular weight excluding hydrogens is 220 g/mol. The standard InChI is InChI=1S/C5H4O6S2/c6-5(7)11-3-1-2-12-4(3)13(8,9)10/h1-2H,(H,6,7)(H,8,9,10). The number of ether oxygens (including phenoxy) is 1. The van der Waals surface area contributed by atoms with Gasteiger partial charge in [0.2, 0.25) is 0 Å². The molecule has 8 heteroatoms. The lowest BCUT2D eigenvalue weighted by Gasteiger charge is -1.97. The number of carboxylic acid groups (broad SMARTS) is 1. The van der Waals surface area contributed by atoms with Crippen LogP contribution < -0.4 is 4.74 Å². The summed E-state index contributed by atoms with van der Waals surface area (Å²) in [5, 5.41) is 9.47. The van der Waals surface area contributed by atoms with E-state index in [1.807, 2.05) is 0 Å². The Bertz CT molecular complexity index is 416. The summed E-state index contributed by atoms with van der Waals surface area (Å²) in [6.07, 6.45) is -1.64. The number of rotatable bonds is 2. The molecule has 0 aliphatic carbocycles. The highest BCUT2D eigenvalue weighted by molar-refractivity contribution is 7.88. The zero-order chi connectivity index (χ0) is 10.1. The molecule has 0 fully saturated rings. The molecule has 1 aromatic heterocycles. The number of hydrogen-bond donors (Lipinski definition) is 2. The molecule has 0 unspecified atom stereocenters. The van der Waals surface area contributed by atoms with Gasteiger partial charge in [0, 0.05) is 0 Å².